The van der Waals surface area contributed by atoms with Gasteiger partial charge in [0, 0.05) is 19.3 Å². The number of hydrogen-bond acceptors (Lipinski definition) is 4. The molecule has 78 valence electrons. The van der Waals surface area contributed by atoms with Crippen LogP contribution in [0.15, 0.2) is 12.1 Å². The Hall–Kier alpha value is -1.13. The lowest BCUT2D eigenvalue weighted by Gasteiger charge is -2.10. The highest BCUT2D eigenvalue weighted by Crippen LogP contribution is 2.16. The van der Waals surface area contributed by atoms with Crippen molar-refractivity contribution < 1.29 is 9.47 Å². The van der Waals surface area contributed by atoms with E-state index in [1.807, 2.05) is 26.1 Å². The Kier molecular flexibility index (Phi) is 4.35. The SMILES string of the molecule is CNCc1nc(C)ccc1OCOC. The van der Waals surface area contributed by atoms with Crippen molar-refractivity contribution in [2.45, 2.75) is 13.5 Å². The largest absolute Gasteiger partial charge is 0.466 e. The minimum absolute atomic E-state index is 0.251. The summed E-state index contributed by atoms with van der Waals surface area (Å²) in [6.07, 6.45) is 0. The van der Waals surface area contributed by atoms with E-state index in [2.05, 4.69) is 10.3 Å². The first-order valence-electron chi connectivity index (χ1n) is 4.50. The third-order valence-electron chi connectivity index (χ3n) is 1.75. The Morgan fingerprint density at radius 1 is 1.43 bits per heavy atom. The van der Waals surface area contributed by atoms with E-state index >= 15 is 0 Å². The van der Waals surface area contributed by atoms with Gasteiger partial charge in [0.05, 0.1) is 5.69 Å². The molecule has 4 nitrogen and oxygen atoms in total. The molecule has 1 heterocycles. The molecule has 0 radical (unpaired) electrons. The van der Waals surface area contributed by atoms with Gasteiger partial charge < -0.3 is 14.8 Å². The van der Waals surface area contributed by atoms with Gasteiger partial charge in [0.1, 0.15) is 5.75 Å². The fourth-order valence-electron chi connectivity index (χ4n) is 1.15. The quantitative estimate of drug-likeness (QED) is 0.716. The molecule has 0 aliphatic rings. The number of rotatable bonds is 5. The van der Waals surface area contributed by atoms with Gasteiger partial charge in [0.25, 0.3) is 0 Å². The number of nitrogens with zero attached hydrogens (tertiary/aromatic N) is 1. The third-order valence-corrected chi connectivity index (χ3v) is 1.75. The molecule has 0 bridgehead atoms. The summed E-state index contributed by atoms with van der Waals surface area (Å²) in [5.41, 5.74) is 1.89. The van der Waals surface area contributed by atoms with Crippen molar-refractivity contribution in [3.05, 3.63) is 23.5 Å². The predicted octanol–water partition coefficient (Wildman–Crippen LogP) is 1.09. The molecule has 0 aliphatic carbocycles. The van der Waals surface area contributed by atoms with Crippen molar-refractivity contribution in [2.24, 2.45) is 0 Å². The van der Waals surface area contributed by atoms with Crippen LogP contribution >= 0.6 is 0 Å². The summed E-state index contributed by atoms with van der Waals surface area (Å²) in [7, 11) is 3.48. The van der Waals surface area contributed by atoms with Gasteiger partial charge in [-0.15, -0.1) is 0 Å². The van der Waals surface area contributed by atoms with Crippen molar-refractivity contribution in [3.8, 4) is 5.75 Å². The van der Waals surface area contributed by atoms with Crippen LogP contribution < -0.4 is 10.1 Å². The number of pyridine rings is 1. The minimum atomic E-state index is 0.251. The van der Waals surface area contributed by atoms with Crippen LogP contribution in [0.1, 0.15) is 11.4 Å². The predicted molar refractivity (Wildman–Crippen MR) is 54.2 cm³/mol. The Morgan fingerprint density at radius 3 is 2.86 bits per heavy atom. The molecule has 1 N–H and O–H groups in total. The minimum Gasteiger partial charge on any atom is -0.466 e. The summed E-state index contributed by atoms with van der Waals surface area (Å²) in [4.78, 5) is 4.37. The van der Waals surface area contributed by atoms with Crippen molar-refractivity contribution in [2.75, 3.05) is 21.0 Å². The van der Waals surface area contributed by atoms with Crippen LogP contribution in [-0.2, 0) is 11.3 Å². The molecule has 0 unspecified atom stereocenters. The average Bonchev–Trinajstić information content (AvgIpc) is 2.17. The van der Waals surface area contributed by atoms with Gasteiger partial charge >= 0.3 is 0 Å². The zero-order valence-electron chi connectivity index (χ0n) is 8.83. The van der Waals surface area contributed by atoms with E-state index in [1.165, 1.54) is 0 Å². The van der Waals surface area contributed by atoms with Crippen LogP contribution in [0.5, 0.6) is 5.75 Å². The van der Waals surface area contributed by atoms with Gasteiger partial charge in [-0.05, 0) is 26.1 Å². The van der Waals surface area contributed by atoms with Gasteiger partial charge in [0.2, 0.25) is 0 Å². The number of ether oxygens (including phenoxy) is 2. The van der Waals surface area contributed by atoms with Crippen LogP contribution in [-0.4, -0.2) is 25.9 Å². The molecule has 0 fully saturated rings. The number of hydrogen-bond donors (Lipinski definition) is 1. The fraction of sp³-hybridized carbons (Fsp3) is 0.500. The van der Waals surface area contributed by atoms with Crippen LogP contribution in [0, 0.1) is 6.92 Å². The second-order valence-electron chi connectivity index (χ2n) is 2.98. The smallest absolute Gasteiger partial charge is 0.188 e. The van der Waals surface area contributed by atoms with Gasteiger partial charge in [-0.3, -0.25) is 4.98 Å². The van der Waals surface area contributed by atoms with Crippen LogP contribution in [0.4, 0.5) is 0 Å². The Labute approximate surface area is 84.3 Å². The number of nitrogens with one attached hydrogen (secondary N) is 1. The fourth-order valence-corrected chi connectivity index (χ4v) is 1.15. The van der Waals surface area contributed by atoms with E-state index < -0.39 is 0 Å². The zero-order chi connectivity index (χ0) is 10.4. The van der Waals surface area contributed by atoms with E-state index in [9.17, 15) is 0 Å². The van der Waals surface area contributed by atoms with Gasteiger partial charge in [-0.25, -0.2) is 0 Å². The zero-order valence-corrected chi connectivity index (χ0v) is 8.83. The first-order valence-corrected chi connectivity index (χ1v) is 4.50. The Morgan fingerprint density at radius 2 is 2.21 bits per heavy atom. The van der Waals surface area contributed by atoms with Crippen molar-refractivity contribution in [1.82, 2.24) is 10.3 Å². The van der Waals surface area contributed by atoms with E-state index in [4.69, 9.17) is 9.47 Å². The standard InChI is InChI=1S/C10H16N2O2/c1-8-4-5-10(14-7-13-3)9(12-8)6-11-2/h4-5,11H,6-7H2,1-3H3. The molecular weight excluding hydrogens is 180 g/mol. The first kappa shape index (κ1) is 10.9. The van der Waals surface area contributed by atoms with Crippen molar-refractivity contribution in [1.29, 1.82) is 0 Å². The second-order valence-corrected chi connectivity index (χ2v) is 2.98. The van der Waals surface area contributed by atoms with Gasteiger partial charge in [0.15, 0.2) is 6.79 Å². The summed E-state index contributed by atoms with van der Waals surface area (Å²) >= 11 is 0. The first-order chi connectivity index (χ1) is 6.77. The highest BCUT2D eigenvalue weighted by atomic mass is 16.7. The van der Waals surface area contributed by atoms with Crippen LogP contribution in [0.3, 0.4) is 0 Å². The molecule has 0 saturated heterocycles. The topological polar surface area (TPSA) is 43.4 Å². The highest BCUT2D eigenvalue weighted by Gasteiger charge is 2.04. The molecular formula is C10H16N2O2. The third kappa shape index (κ3) is 2.97. The second kappa shape index (κ2) is 5.57. The highest BCUT2D eigenvalue weighted by molar-refractivity contribution is 5.29. The summed E-state index contributed by atoms with van der Waals surface area (Å²) in [6, 6.07) is 3.83. The lowest BCUT2D eigenvalue weighted by atomic mass is 10.3. The summed E-state index contributed by atoms with van der Waals surface area (Å²) in [5.74, 6) is 0.770. The Bertz CT molecular complexity index is 289. The molecule has 1 aromatic rings. The normalized spacial score (nSPS) is 10.2. The maximum absolute atomic E-state index is 5.37. The molecule has 1 aromatic heterocycles. The maximum Gasteiger partial charge on any atom is 0.188 e. The number of aromatic nitrogens is 1. The lowest BCUT2D eigenvalue weighted by Crippen LogP contribution is -2.11. The van der Waals surface area contributed by atoms with E-state index in [0.717, 1.165) is 17.1 Å². The molecule has 0 spiro atoms. The molecule has 1 rings (SSSR count). The van der Waals surface area contributed by atoms with Gasteiger partial charge in [-0.1, -0.05) is 0 Å². The van der Waals surface area contributed by atoms with Crippen molar-refractivity contribution in [3.63, 3.8) is 0 Å². The number of aryl methyl sites for hydroxylation is 1. The molecule has 0 atom stereocenters. The molecule has 14 heavy (non-hydrogen) atoms. The molecule has 4 heteroatoms. The monoisotopic (exact) mass is 196 g/mol. The Balaban J connectivity index is 2.78. The lowest BCUT2D eigenvalue weighted by molar-refractivity contribution is 0.0500. The van der Waals surface area contributed by atoms with Gasteiger partial charge in [-0.2, -0.15) is 0 Å². The number of methoxy groups -OCH3 is 1. The van der Waals surface area contributed by atoms with Crippen molar-refractivity contribution >= 4 is 0 Å². The molecule has 0 aromatic carbocycles. The molecule has 0 aliphatic heterocycles. The summed E-state index contributed by atoms with van der Waals surface area (Å²) in [6.45, 7) is 2.90. The maximum atomic E-state index is 5.37. The molecule has 0 amide bonds. The van der Waals surface area contributed by atoms with E-state index in [1.54, 1.807) is 7.11 Å². The van der Waals surface area contributed by atoms with Crippen LogP contribution in [0.25, 0.3) is 0 Å². The average molecular weight is 196 g/mol. The van der Waals surface area contributed by atoms with E-state index in [-0.39, 0.29) is 6.79 Å². The summed E-state index contributed by atoms with van der Waals surface area (Å²) < 4.78 is 10.2. The van der Waals surface area contributed by atoms with E-state index in [0.29, 0.717) is 6.54 Å². The van der Waals surface area contributed by atoms with Crippen LogP contribution in [0.2, 0.25) is 0 Å². The molecule has 0 saturated carbocycles. The summed E-state index contributed by atoms with van der Waals surface area (Å²) in [5, 5.41) is 3.04.